The van der Waals surface area contributed by atoms with Crippen LogP contribution in [0.25, 0.3) is 0 Å². The molecule has 5 nitrogen and oxygen atoms in total. The lowest BCUT2D eigenvalue weighted by molar-refractivity contribution is 0.326. The first kappa shape index (κ1) is 14.8. The Morgan fingerprint density at radius 3 is 2.81 bits per heavy atom. The fourth-order valence-corrected chi connectivity index (χ4v) is 5.68. The van der Waals surface area contributed by atoms with Gasteiger partial charge in [-0.3, -0.25) is 0 Å². The predicted molar refractivity (Wildman–Crippen MR) is 80.8 cm³/mol. The Bertz CT molecular complexity index is 617. The number of nitrogens with one attached hydrogen (secondary N) is 1. The summed E-state index contributed by atoms with van der Waals surface area (Å²) in [6.07, 6.45) is 0.844. The third-order valence-corrected chi connectivity index (χ3v) is 6.68. The third kappa shape index (κ3) is 2.35. The van der Waals surface area contributed by atoms with E-state index < -0.39 is 10.0 Å². The molecule has 1 N–H and O–H groups in total. The van der Waals surface area contributed by atoms with E-state index in [1.165, 1.54) is 7.11 Å². The minimum atomic E-state index is -3.50. The summed E-state index contributed by atoms with van der Waals surface area (Å²) in [6, 6.07) is 6.95. The topological polar surface area (TPSA) is 58.6 Å². The van der Waals surface area contributed by atoms with Crippen molar-refractivity contribution in [1.82, 2.24) is 9.62 Å². The number of rotatable bonds is 4. The van der Waals surface area contributed by atoms with E-state index in [9.17, 15) is 8.42 Å². The highest BCUT2D eigenvalue weighted by Crippen LogP contribution is 2.39. The van der Waals surface area contributed by atoms with Crippen molar-refractivity contribution in [2.75, 3.05) is 26.7 Å². The number of methoxy groups -OCH3 is 1. The molecule has 21 heavy (non-hydrogen) atoms. The number of para-hydroxylation sites is 1. The van der Waals surface area contributed by atoms with E-state index in [1.54, 1.807) is 28.6 Å². The minimum absolute atomic E-state index is 0.0833. The molecule has 2 aliphatic rings. The van der Waals surface area contributed by atoms with Crippen molar-refractivity contribution in [3.05, 3.63) is 24.3 Å². The van der Waals surface area contributed by atoms with Crippen LogP contribution in [-0.2, 0) is 10.0 Å². The normalized spacial score (nSPS) is 29.5. The number of hydrogen-bond acceptors (Lipinski definition) is 4. The van der Waals surface area contributed by atoms with Gasteiger partial charge in [-0.05, 0) is 43.5 Å². The van der Waals surface area contributed by atoms with Gasteiger partial charge in [0, 0.05) is 12.6 Å². The fraction of sp³-hybridized carbons (Fsp3) is 0.600. The van der Waals surface area contributed by atoms with E-state index in [-0.39, 0.29) is 10.9 Å². The molecule has 1 aromatic carbocycles. The van der Waals surface area contributed by atoms with E-state index in [2.05, 4.69) is 12.2 Å². The summed E-state index contributed by atoms with van der Waals surface area (Å²) in [7, 11) is -2.00. The van der Waals surface area contributed by atoms with Gasteiger partial charge in [-0.25, -0.2) is 8.42 Å². The molecule has 1 aromatic rings. The largest absolute Gasteiger partial charge is 0.495 e. The van der Waals surface area contributed by atoms with Crippen molar-refractivity contribution < 1.29 is 13.2 Å². The molecular weight excluding hydrogens is 288 g/mol. The Hall–Kier alpha value is -1.11. The molecule has 0 amide bonds. The van der Waals surface area contributed by atoms with E-state index in [0.717, 1.165) is 19.5 Å². The van der Waals surface area contributed by atoms with Crippen LogP contribution in [0.5, 0.6) is 5.75 Å². The quantitative estimate of drug-likeness (QED) is 0.911. The van der Waals surface area contributed by atoms with Crippen molar-refractivity contribution in [2.24, 2.45) is 11.8 Å². The molecule has 2 saturated heterocycles. The van der Waals surface area contributed by atoms with Crippen LogP contribution >= 0.6 is 0 Å². The molecule has 3 atom stereocenters. The zero-order valence-corrected chi connectivity index (χ0v) is 13.3. The third-order valence-electron chi connectivity index (χ3n) is 4.74. The monoisotopic (exact) mass is 310 g/mol. The predicted octanol–water partition coefficient (Wildman–Crippen LogP) is 1.31. The lowest BCUT2D eigenvalue weighted by Crippen LogP contribution is -2.39. The summed E-state index contributed by atoms with van der Waals surface area (Å²) >= 11 is 0. The summed E-state index contributed by atoms with van der Waals surface area (Å²) in [4.78, 5) is 0.277. The van der Waals surface area contributed by atoms with Crippen molar-refractivity contribution in [3.8, 4) is 5.75 Å². The number of ether oxygens (including phenoxy) is 1. The van der Waals surface area contributed by atoms with Crippen LogP contribution in [0, 0.1) is 11.8 Å². The van der Waals surface area contributed by atoms with Crippen LogP contribution in [-0.4, -0.2) is 45.5 Å². The summed E-state index contributed by atoms with van der Waals surface area (Å²) in [5.41, 5.74) is 0. The average molecular weight is 310 g/mol. The zero-order valence-electron chi connectivity index (χ0n) is 12.5. The Kier molecular flexibility index (Phi) is 3.94. The molecule has 0 spiro atoms. The number of nitrogens with zero attached hydrogens (tertiary/aromatic N) is 1. The molecule has 0 radical (unpaired) electrons. The molecule has 3 rings (SSSR count). The van der Waals surface area contributed by atoms with Gasteiger partial charge in [0.25, 0.3) is 0 Å². The molecule has 6 heteroatoms. The second kappa shape index (κ2) is 5.59. The number of fused-ring (bicyclic) bond motifs is 1. The number of hydrogen-bond donors (Lipinski definition) is 1. The minimum Gasteiger partial charge on any atom is -0.495 e. The summed E-state index contributed by atoms with van der Waals surface area (Å²) in [5, 5.41) is 3.38. The van der Waals surface area contributed by atoms with E-state index in [0.29, 0.717) is 24.1 Å². The highest BCUT2D eigenvalue weighted by atomic mass is 32.2. The van der Waals surface area contributed by atoms with Crippen LogP contribution < -0.4 is 10.1 Å². The smallest absolute Gasteiger partial charge is 0.247 e. The SMILES string of the molecule is CCC1C2CNCC2CN1S(=O)(=O)c1ccccc1OC. The maximum absolute atomic E-state index is 13.0. The van der Waals surface area contributed by atoms with Gasteiger partial charge in [0.2, 0.25) is 10.0 Å². The maximum Gasteiger partial charge on any atom is 0.247 e. The Balaban J connectivity index is 1.98. The standard InChI is InChI=1S/C15H22N2O3S/c1-3-13-12-9-16-8-11(12)10-17(13)21(18,19)15-7-5-4-6-14(15)20-2/h4-7,11-13,16H,3,8-10H2,1-2H3. The Labute approximate surface area is 126 Å². The molecule has 0 aromatic heterocycles. The molecule has 2 aliphatic heterocycles. The average Bonchev–Trinajstić information content (AvgIpc) is 3.07. The van der Waals surface area contributed by atoms with Gasteiger partial charge in [-0.15, -0.1) is 0 Å². The Morgan fingerprint density at radius 1 is 1.33 bits per heavy atom. The fourth-order valence-electron chi connectivity index (χ4n) is 3.72. The zero-order chi connectivity index (χ0) is 15.0. The summed E-state index contributed by atoms with van der Waals surface area (Å²) < 4.78 is 33.0. The molecule has 0 aliphatic carbocycles. The molecule has 0 bridgehead atoms. The molecule has 2 fully saturated rings. The first-order valence-corrected chi connectivity index (χ1v) is 8.89. The van der Waals surface area contributed by atoms with Crippen molar-refractivity contribution in [3.63, 3.8) is 0 Å². The van der Waals surface area contributed by atoms with Gasteiger partial charge >= 0.3 is 0 Å². The van der Waals surface area contributed by atoms with Gasteiger partial charge in [0.1, 0.15) is 10.6 Å². The highest BCUT2D eigenvalue weighted by Gasteiger charge is 2.48. The van der Waals surface area contributed by atoms with E-state index in [4.69, 9.17) is 4.74 Å². The number of sulfonamides is 1. The van der Waals surface area contributed by atoms with Crippen molar-refractivity contribution in [2.45, 2.75) is 24.3 Å². The van der Waals surface area contributed by atoms with E-state index in [1.807, 2.05) is 0 Å². The Morgan fingerprint density at radius 2 is 2.10 bits per heavy atom. The van der Waals surface area contributed by atoms with Gasteiger partial charge < -0.3 is 10.1 Å². The number of benzene rings is 1. The second-order valence-electron chi connectivity index (χ2n) is 5.78. The van der Waals surface area contributed by atoms with Crippen LogP contribution in [0.2, 0.25) is 0 Å². The maximum atomic E-state index is 13.0. The molecule has 2 heterocycles. The van der Waals surface area contributed by atoms with Gasteiger partial charge in [0.05, 0.1) is 7.11 Å². The summed E-state index contributed by atoms with van der Waals surface area (Å²) in [6.45, 7) is 4.51. The molecule has 3 unspecified atom stereocenters. The van der Waals surface area contributed by atoms with Crippen LogP contribution in [0.4, 0.5) is 0 Å². The van der Waals surface area contributed by atoms with Gasteiger partial charge in [-0.1, -0.05) is 19.1 Å². The first-order valence-electron chi connectivity index (χ1n) is 7.45. The second-order valence-corrected chi connectivity index (χ2v) is 7.64. The van der Waals surface area contributed by atoms with Crippen LogP contribution in [0.3, 0.4) is 0 Å². The molecular formula is C15H22N2O3S. The van der Waals surface area contributed by atoms with Gasteiger partial charge in [0.15, 0.2) is 0 Å². The van der Waals surface area contributed by atoms with Crippen LogP contribution in [0.15, 0.2) is 29.2 Å². The van der Waals surface area contributed by atoms with Crippen molar-refractivity contribution in [1.29, 1.82) is 0 Å². The lowest BCUT2D eigenvalue weighted by Gasteiger charge is -2.26. The van der Waals surface area contributed by atoms with Gasteiger partial charge in [-0.2, -0.15) is 4.31 Å². The first-order chi connectivity index (χ1) is 10.1. The highest BCUT2D eigenvalue weighted by molar-refractivity contribution is 7.89. The van der Waals surface area contributed by atoms with E-state index >= 15 is 0 Å². The van der Waals surface area contributed by atoms with Crippen LogP contribution in [0.1, 0.15) is 13.3 Å². The summed E-state index contributed by atoms with van der Waals surface area (Å²) in [5.74, 6) is 1.28. The van der Waals surface area contributed by atoms with Crippen molar-refractivity contribution >= 4 is 10.0 Å². The molecule has 116 valence electrons. The molecule has 0 saturated carbocycles. The lowest BCUT2D eigenvalue weighted by atomic mass is 9.93.